The van der Waals surface area contributed by atoms with E-state index in [0.29, 0.717) is 26.1 Å². The molecule has 1 N–H and O–H groups in total. The molecule has 4 amide bonds. The molecule has 0 aromatic heterocycles. The topological polar surface area (TPSA) is 85.4 Å². The van der Waals surface area contributed by atoms with Crippen LogP contribution in [0.4, 0.5) is 4.79 Å². The van der Waals surface area contributed by atoms with Crippen molar-refractivity contribution in [2.45, 2.75) is 44.1 Å². The minimum Gasteiger partial charge on any atom is -0.376 e. The van der Waals surface area contributed by atoms with Crippen LogP contribution < -0.4 is 5.32 Å². The number of piperazine rings is 1. The number of nitrogens with zero attached hydrogens (tertiary/aromatic N) is 4. The number of nitrogens with one attached hydrogen (secondary N) is 1. The molecule has 0 radical (unpaired) electrons. The van der Waals surface area contributed by atoms with E-state index in [1.54, 1.807) is 26.9 Å². The van der Waals surface area contributed by atoms with Crippen molar-refractivity contribution in [3.05, 3.63) is 71.8 Å². The molecular weight excluding hydrogens is 458 g/mol. The van der Waals surface area contributed by atoms with Crippen molar-refractivity contribution in [1.82, 2.24) is 25.1 Å². The fraction of sp³-hybridized carbons (Fsp3) is 0.444. The Hall–Kier alpha value is -3.43. The summed E-state index contributed by atoms with van der Waals surface area (Å²) in [5.74, 6) is -0.242. The van der Waals surface area contributed by atoms with E-state index in [4.69, 9.17) is 4.74 Å². The van der Waals surface area contributed by atoms with Crippen molar-refractivity contribution >= 4 is 17.8 Å². The molecule has 1 unspecified atom stereocenters. The van der Waals surface area contributed by atoms with Gasteiger partial charge < -0.3 is 19.9 Å². The molecule has 3 saturated heterocycles. The highest BCUT2D eigenvalue weighted by molar-refractivity contribution is 5.91. The number of rotatable bonds is 6. The van der Waals surface area contributed by atoms with Crippen LogP contribution in [0.2, 0.25) is 0 Å². The van der Waals surface area contributed by atoms with Gasteiger partial charge in [0.25, 0.3) is 0 Å². The molecule has 190 valence electrons. The maximum Gasteiger partial charge on any atom is 0.334 e. The molecule has 0 aliphatic carbocycles. The standard InChI is InChI=1S/C27H33N5O4/c1-29-19-25(33)31-23(15-20-9-4-2-5-10-20)26(34)30(17-22-13-8-14-36-22)18-24(31)32(29)27(35)28-16-21-11-6-3-7-12-21/h2-7,9-12,22-24H,8,13-19H2,1H3,(H,28,35)/t22?,23-,24-/m0/s1. The number of carbonyl (C=O) groups is 3. The van der Waals surface area contributed by atoms with Crippen LogP contribution in [0.25, 0.3) is 0 Å². The zero-order chi connectivity index (χ0) is 25.1. The molecule has 3 aliphatic heterocycles. The first kappa shape index (κ1) is 24.3. The molecule has 3 heterocycles. The molecule has 3 fully saturated rings. The van der Waals surface area contributed by atoms with Crippen LogP contribution in [0.5, 0.6) is 0 Å². The lowest BCUT2D eigenvalue weighted by atomic mass is 9.98. The molecular formula is C27H33N5O4. The first-order valence-corrected chi connectivity index (χ1v) is 12.6. The van der Waals surface area contributed by atoms with E-state index in [1.807, 2.05) is 60.7 Å². The van der Waals surface area contributed by atoms with Crippen LogP contribution in [0.1, 0.15) is 24.0 Å². The first-order valence-electron chi connectivity index (χ1n) is 12.6. The third kappa shape index (κ3) is 5.08. The highest BCUT2D eigenvalue weighted by Crippen LogP contribution is 2.28. The van der Waals surface area contributed by atoms with E-state index in [1.165, 1.54) is 0 Å². The largest absolute Gasteiger partial charge is 0.376 e. The smallest absolute Gasteiger partial charge is 0.334 e. The zero-order valence-electron chi connectivity index (χ0n) is 20.6. The highest BCUT2D eigenvalue weighted by atomic mass is 16.5. The Kier molecular flexibility index (Phi) is 7.20. The van der Waals surface area contributed by atoms with Gasteiger partial charge in [-0.15, -0.1) is 0 Å². The number of hydrogen-bond donors (Lipinski definition) is 1. The third-order valence-electron chi connectivity index (χ3n) is 7.15. The summed E-state index contributed by atoms with van der Waals surface area (Å²) in [6.07, 6.45) is 1.66. The lowest BCUT2D eigenvalue weighted by molar-refractivity contribution is -0.188. The summed E-state index contributed by atoms with van der Waals surface area (Å²) < 4.78 is 5.82. The Morgan fingerprint density at radius 2 is 1.72 bits per heavy atom. The molecule has 2 aromatic rings. The van der Waals surface area contributed by atoms with Gasteiger partial charge in [-0.1, -0.05) is 60.7 Å². The Morgan fingerprint density at radius 3 is 2.39 bits per heavy atom. The molecule has 0 spiro atoms. The number of hydrazine groups is 1. The van der Waals surface area contributed by atoms with Crippen LogP contribution in [0.15, 0.2) is 60.7 Å². The molecule has 2 aromatic carbocycles. The van der Waals surface area contributed by atoms with Crippen LogP contribution in [-0.4, -0.2) is 89.3 Å². The Bertz CT molecular complexity index is 1080. The normalized spacial score (nSPS) is 24.7. The molecule has 9 heteroatoms. The SMILES string of the molecule is CN1CC(=O)N2[C@@H](Cc3ccccc3)C(=O)N(CC3CCCO3)C[C@@H]2N1C(=O)NCc1ccccc1. The molecule has 5 rings (SSSR count). The summed E-state index contributed by atoms with van der Waals surface area (Å²) in [5, 5.41) is 6.24. The van der Waals surface area contributed by atoms with Gasteiger partial charge in [0.2, 0.25) is 11.8 Å². The molecule has 3 atom stereocenters. The molecule has 36 heavy (non-hydrogen) atoms. The van der Waals surface area contributed by atoms with Gasteiger partial charge in [0.1, 0.15) is 12.2 Å². The van der Waals surface area contributed by atoms with Gasteiger partial charge in [-0.25, -0.2) is 14.8 Å². The van der Waals surface area contributed by atoms with E-state index < -0.39 is 12.2 Å². The van der Waals surface area contributed by atoms with Crippen molar-refractivity contribution in [2.75, 3.05) is 33.3 Å². The summed E-state index contributed by atoms with van der Waals surface area (Å²) in [6, 6.07) is 18.4. The monoisotopic (exact) mass is 491 g/mol. The minimum atomic E-state index is -0.682. The van der Waals surface area contributed by atoms with Crippen molar-refractivity contribution in [3.8, 4) is 0 Å². The average molecular weight is 492 g/mol. The quantitative estimate of drug-likeness (QED) is 0.667. The van der Waals surface area contributed by atoms with Gasteiger partial charge in [0, 0.05) is 33.2 Å². The predicted molar refractivity (Wildman–Crippen MR) is 133 cm³/mol. The summed E-state index contributed by atoms with van der Waals surface area (Å²) in [6.45, 7) is 1.81. The van der Waals surface area contributed by atoms with Gasteiger partial charge in [-0.05, 0) is 24.0 Å². The van der Waals surface area contributed by atoms with E-state index in [2.05, 4.69) is 5.32 Å². The maximum absolute atomic E-state index is 13.7. The number of ether oxygens (including phenoxy) is 1. The number of benzene rings is 2. The Morgan fingerprint density at radius 1 is 1.03 bits per heavy atom. The van der Waals surface area contributed by atoms with Gasteiger partial charge in [-0.3, -0.25) is 9.59 Å². The summed E-state index contributed by atoms with van der Waals surface area (Å²) in [5.41, 5.74) is 1.96. The van der Waals surface area contributed by atoms with Crippen LogP contribution >= 0.6 is 0 Å². The molecule has 3 aliphatic rings. The van der Waals surface area contributed by atoms with E-state index in [0.717, 1.165) is 24.0 Å². The van der Waals surface area contributed by atoms with Crippen LogP contribution in [0.3, 0.4) is 0 Å². The molecule has 0 bridgehead atoms. The number of fused-ring (bicyclic) bond motifs is 1. The Balaban J connectivity index is 1.42. The first-order chi connectivity index (χ1) is 17.5. The molecule has 0 saturated carbocycles. The van der Waals surface area contributed by atoms with Gasteiger partial charge >= 0.3 is 6.03 Å². The second kappa shape index (κ2) is 10.7. The van der Waals surface area contributed by atoms with Crippen LogP contribution in [0, 0.1) is 0 Å². The zero-order valence-corrected chi connectivity index (χ0v) is 20.6. The van der Waals surface area contributed by atoms with Crippen molar-refractivity contribution in [3.63, 3.8) is 0 Å². The van der Waals surface area contributed by atoms with Gasteiger partial charge in [0.15, 0.2) is 0 Å². The van der Waals surface area contributed by atoms with Crippen molar-refractivity contribution < 1.29 is 19.1 Å². The maximum atomic E-state index is 13.7. The number of hydrogen-bond acceptors (Lipinski definition) is 5. The number of amides is 4. The average Bonchev–Trinajstić information content (AvgIpc) is 3.39. The minimum absolute atomic E-state index is 0.0183. The van der Waals surface area contributed by atoms with E-state index >= 15 is 0 Å². The van der Waals surface area contributed by atoms with Gasteiger partial charge in [-0.2, -0.15) is 0 Å². The van der Waals surface area contributed by atoms with E-state index in [-0.39, 0.29) is 37.0 Å². The summed E-state index contributed by atoms with van der Waals surface area (Å²) in [7, 11) is 1.74. The number of carbonyl (C=O) groups excluding carboxylic acids is 3. The summed E-state index contributed by atoms with van der Waals surface area (Å²) >= 11 is 0. The van der Waals surface area contributed by atoms with E-state index in [9.17, 15) is 14.4 Å². The number of urea groups is 1. The predicted octanol–water partition coefficient (Wildman–Crippen LogP) is 1.85. The molecule has 9 nitrogen and oxygen atoms in total. The lowest BCUT2D eigenvalue weighted by Crippen LogP contribution is -2.76. The fourth-order valence-electron chi connectivity index (χ4n) is 5.40. The Labute approximate surface area is 211 Å². The second-order valence-corrected chi connectivity index (χ2v) is 9.67. The lowest BCUT2D eigenvalue weighted by Gasteiger charge is -2.54. The van der Waals surface area contributed by atoms with Gasteiger partial charge in [0.05, 0.1) is 19.2 Å². The second-order valence-electron chi connectivity index (χ2n) is 9.67. The summed E-state index contributed by atoms with van der Waals surface area (Å²) in [4.78, 5) is 43.9. The van der Waals surface area contributed by atoms with Crippen molar-refractivity contribution in [2.24, 2.45) is 0 Å². The fourth-order valence-corrected chi connectivity index (χ4v) is 5.40. The third-order valence-corrected chi connectivity index (χ3v) is 7.15. The van der Waals surface area contributed by atoms with Crippen molar-refractivity contribution in [1.29, 1.82) is 0 Å². The highest BCUT2D eigenvalue weighted by Gasteiger charge is 2.51. The number of likely N-dealkylation sites (N-methyl/N-ethyl adjacent to an activating group) is 1. The van der Waals surface area contributed by atoms with Crippen LogP contribution in [-0.2, 0) is 27.3 Å².